The van der Waals surface area contributed by atoms with Crippen LogP contribution in [0.25, 0.3) is 22.4 Å². The first kappa shape index (κ1) is 18.8. The zero-order valence-corrected chi connectivity index (χ0v) is 17.0. The van der Waals surface area contributed by atoms with Crippen LogP contribution in [-0.4, -0.2) is 75.6 Å². The summed E-state index contributed by atoms with van der Waals surface area (Å²) < 4.78 is 7.32. The second-order valence-electron chi connectivity index (χ2n) is 7.39. The van der Waals surface area contributed by atoms with Crippen molar-refractivity contribution in [3.8, 4) is 11.4 Å². The second-order valence-corrected chi connectivity index (χ2v) is 7.39. The maximum atomic E-state index is 5.49. The molecule has 0 aromatic carbocycles. The summed E-state index contributed by atoms with van der Waals surface area (Å²) in [6.45, 7) is 8.71. The van der Waals surface area contributed by atoms with Gasteiger partial charge in [-0.05, 0) is 26.0 Å². The third-order valence-electron chi connectivity index (χ3n) is 5.35. The summed E-state index contributed by atoms with van der Waals surface area (Å²) in [6, 6.07) is 4.27. The van der Waals surface area contributed by atoms with Crippen molar-refractivity contribution < 1.29 is 4.74 Å². The van der Waals surface area contributed by atoms with Gasteiger partial charge < -0.3 is 9.64 Å². The molecule has 0 spiro atoms. The summed E-state index contributed by atoms with van der Waals surface area (Å²) in [5, 5.41) is 5.60. The standard InChI is InChI=1S/C20H27N7O/c1-14(27-9-11-28-12-10-27)13-25(3)19-17-15(2)24-26(4)20(17)23-18(22-19)16-5-7-21-8-6-16/h5-8,14H,9-13H2,1-4H3/t14-/m0/s1. The molecule has 4 rings (SSSR count). The van der Waals surface area contributed by atoms with E-state index in [2.05, 4.69) is 33.9 Å². The van der Waals surface area contributed by atoms with Crippen molar-refractivity contribution in [1.29, 1.82) is 0 Å². The van der Waals surface area contributed by atoms with E-state index in [9.17, 15) is 0 Å². The molecule has 8 heteroatoms. The van der Waals surface area contributed by atoms with Crippen LogP contribution in [-0.2, 0) is 11.8 Å². The Kier molecular flexibility index (Phi) is 5.23. The molecule has 0 radical (unpaired) electrons. The van der Waals surface area contributed by atoms with E-state index >= 15 is 0 Å². The van der Waals surface area contributed by atoms with Crippen LogP contribution < -0.4 is 4.90 Å². The van der Waals surface area contributed by atoms with Gasteiger partial charge in [0.2, 0.25) is 0 Å². The van der Waals surface area contributed by atoms with Crippen LogP contribution >= 0.6 is 0 Å². The summed E-state index contributed by atoms with van der Waals surface area (Å²) in [5.41, 5.74) is 2.74. The van der Waals surface area contributed by atoms with Gasteiger partial charge in [0.15, 0.2) is 11.5 Å². The first-order chi connectivity index (χ1) is 13.5. The Bertz CT molecular complexity index is 950. The van der Waals surface area contributed by atoms with Crippen molar-refractivity contribution >= 4 is 16.9 Å². The van der Waals surface area contributed by atoms with Gasteiger partial charge in [-0.3, -0.25) is 14.6 Å². The summed E-state index contributed by atoms with van der Waals surface area (Å²) in [6.07, 6.45) is 3.53. The van der Waals surface area contributed by atoms with Gasteiger partial charge in [-0.2, -0.15) is 5.10 Å². The molecule has 1 aliphatic heterocycles. The monoisotopic (exact) mass is 381 g/mol. The van der Waals surface area contributed by atoms with E-state index in [4.69, 9.17) is 14.7 Å². The Morgan fingerprint density at radius 3 is 2.61 bits per heavy atom. The largest absolute Gasteiger partial charge is 0.379 e. The van der Waals surface area contributed by atoms with Crippen LogP contribution in [0, 0.1) is 6.92 Å². The van der Waals surface area contributed by atoms with Crippen molar-refractivity contribution in [1.82, 2.24) is 29.6 Å². The fourth-order valence-corrected chi connectivity index (χ4v) is 3.84. The molecule has 4 heterocycles. The van der Waals surface area contributed by atoms with Crippen molar-refractivity contribution in [3.63, 3.8) is 0 Å². The molecule has 3 aromatic rings. The van der Waals surface area contributed by atoms with Gasteiger partial charge in [-0.15, -0.1) is 0 Å². The van der Waals surface area contributed by atoms with Crippen LogP contribution in [0.4, 0.5) is 5.82 Å². The van der Waals surface area contributed by atoms with Crippen LogP contribution in [0.15, 0.2) is 24.5 Å². The third kappa shape index (κ3) is 3.57. The molecule has 28 heavy (non-hydrogen) atoms. The van der Waals surface area contributed by atoms with E-state index in [-0.39, 0.29) is 0 Å². The van der Waals surface area contributed by atoms with Crippen LogP contribution in [0.5, 0.6) is 0 Å². The quantitative estimate of drug-likeness (QED) is 0.668. The predicted octanol–water partition coefficient (Wildman–Crippen LogP) is 1.89. The predicted molar refractivity (Wildman–Crippen MR) is 109 cm³/mol. The molecule has 1 aliphatic rings. The Labute approximate surface area is 165 Å². The van der Waals surface area contributed by atoms with E-state index in [1.807, 2.05) is 30.8 Å². The normalized spacial score (nSPS) is 16.4. The topological polar surface area (TPSA) is 72.2 Å². The number of ether oxygens (including phenoxy) is 1. The smallest absolute Gasteiger partial charge is 0.164 e. The van der Waals surface area contributed by atoms with E-state index < -0.39 is 0 Å². The summed E-state index contributed by atoms with van der Waals surface area (Å²) >= 11 is 0. The molecule has 1 saturated heterocycles. The fourth-order valence-electron chi connectivity index (χ4n) is 3.84. The number of hydrogen-bond donors (Lipinski definition) is 0. The van der Waals surface area contributed by atoms with E-state index in [1.165, 1.54) is 0 Å². The molecule has 8 nitrogen and oxygen atoms in total. The number of morpholine rings is 1. The van der Waals surface area contributed by atoms with Crippen LogP contribution in [0.2, 0.25) is 0 Å². The maximum absolute atomic E-state index is 5.49. The molecule has 0 unspecified atom stereocenters. The summed E-state index contributed by atoms with van der Waals surface area (Å²) in [5.74, 6) is 1.61. The minimum Gasteiger partial charge on any atom is -0.379 e. The summed E-state index contributed by atoms with van der Waals surface area (Å²) in [4.78, 5) is 18.5. The molecule has 0 bridgehead atoms. The Hall–Kier alpha value is -2.58. The first-order valence-corrected chi connectivity index (χ1v) is 9.69. The zero-order chi connectivity index (χ0) is 19.7. The number of aromatic nitrogens is 5. The highest BCUT2D eigenvalue weighted by molar-refractivity contribution is 5.91. The van der Waals surface area contributed by atoms with Gasteiger partial charge >= 0.3 is 0 Å². The molecule has 1 atom stereocenters. The fraction of sp³-hybridized carbons (Fsp3) is 0.500. The number of anilines is 1. The van der Waals surface area contributed by atoms with E-state index in [0.29, 0.717) is 11.9 Å². The number of rotatable bonds is 5. The van der Waals surface area contributed by atoms with Crippen LogP contribution in [0.3, 0.4) is 0 Å². The molecule has 3 aromatic heterocycles. The molecule has 1 fully saturated rings. The van der Waals surface area contributed by atoms with Gasteiger partial charge in [0.05, 0.1) is 24.3 Å². The second kappa shape index (κ2) is 7.81. The van der Waals surface area contributed by atoms with Crippen molar-refractivity contribution in [3.05, 3.63) is 30.2 Å². The van der Waals surface area contributed by atoms with Gasteiger partial charge in [0, 0.05) is 57.7 Å². The van der Waals surface area contributed by atoms with Crippen LogP contribution in [0.1, 0.15) is 12.6 Å². The molecule has 148 valence electrons. The molecular weight excluding hydrogens is 354 g/mol. The molecule has 0 N–H and O–H groups in total. The van der Waals surface area contributed by atoms with E-state index in [1.54, 1.807) is 12.4 Å². The Balaban J connectivity index is 1.72. The Morgan fingerprint density at radius 1 is 1.18 bits per heavy atom. The minimum absolute atomic E-state index is 0.403. The molecule has 0 aliphatic carbocycles. The number of pyridine rings is 1. The van der Waals surface area contributed by atoms with Gasteiger partial charge in [0.25, 0.3) is 0 Å². The highest BCUT2D eigenvalue weighted by Crippen LogP contribution is 2.29. The summed E-state index contributed by atoms with van der Waals surface area (Å²) in [7, 11) is 4.03. The van der Waals surface area contributed by atoms with Crippen molar-refractivity contribution in [2.45, 2.75) is 19.9 Å². The lowest BCUT2D eigenvalue weighted by Crippen LogP contribution is -2.47. The lowest BCUT2D eigenvalue weighted by atomic mass is 10.2. The number of hydrogen-bond acceptors (Lipinski definition) is 7. The average Bonchev–Trinajstić information content (AvgIpc) is 3.02. The highest BCUT2D eigenvalue weighted by Gasteiger charge is 2.22. The SMILES string of the molecule is Cc1nn(C)c2nc(-c3ccncc3)nc(N(C)C[C@H](C)N3CCOCC3)c12. The highest BCUT2D eigenvalue weighted by atomic mass is 16.5. The average molecular weight is 381 g/mol. The zero-order valence-electron chi connectivity index (χ0n) is 17.0. The lowest BCUT2D eigenvalue weighted by Gasteiger charge is -2.34. The molecule has 0 saturated carbocycles. The minimum atomic E-state index is 0.403. The number of aryl methyl sites for hydroxylation is 2. The lowest BCUT2D eigenvalue weighted by molar-refractivity contribution is 0.0218. The maximum Gasteiger partial charge on any atom is 0.164 e. The number of nitrogens with zero attached hydrogens (tertiary/aromatic N) is 7. The van der Waals surface area contributed by atoms with Crippen molar-refractivity contribution in [2.75, 3.05) is 44.8 Å². The Morgan fingerprint density at radius 2 is 1.89 bits per heavy atom. The van der Waals surface area contributed by atoms with Gasteiger partial charge in [-0.1, -0.05) is 0 Å². The third-order valence-corrected chi connectivity index (χ3v) is 5.35. The molecular formula is C20H27N7O. The number of likely N-dealkylation sites (N-methyl/N-ethyl adjacent to an activating group) is 1. The first-order valence-electron chi connectivity index (χ1n) is 9.69. The van der Waals surface area contributed by atoms with Gasteiger partial charge in [-0.25, -0.2) is 9.97 Å². The van der Waals surface area contributed by atoms with E-state index in [0.717, 1.165) is 61.0 Å². The molecule has 0 amide bonds. The van der Waals surface area contributed by atoms with Gasteiger partial charge in [0.1, 0.15) is 5.82 Å². The van der Waals surface area contributed by atoms with Crippen molar-refractivity contribution in [2.24, 2.45) is 7.05 Å². The number of fused-ring (bicyclic) bond motifs is 1.